The van der Waals surface area contributed by atoms with Crippen LogP contribution in [0.4, 0.5) is 0 Å². The topological polar surface area (TPSA) is 59.3 Å². The van der Waals surface area contributed by atoms with Gasteiger partial charge >= 0.3 is 5.97 Å². The number of hydrogen-bond acceptors (Lipinski definition) is 2. The number of pyridine rings is 1. The molecular weight excluding hydrogens is 242 g/mol. The third-order valence-corrected chi connectivity index (χ3v) is 2.67. The molecule has 0 spiro atoms. The molecule has 0 bridgehead atoms. The summed E-state index contributed by atoms with van der Waals surface area (Å²) < 4.78 is 1.22. The fourth-order valence-corrected chi connectivity index (χ4v) is 1.75. The van der Waals surface area contributed by atoms with Crippen molar-refractivity contribution in [2.75, 3.05) is 0 Å². The number of aromatic nitrogens is 1. The smallest absolute Gasteiger partial charge is 0.352 e. The summed E-state index contributed by atoms with van der Waals surface area (Å²) in [6.07, 6.45) is 3.62. The second-order valence-electron chi connectivity index (χ2n) is 3.98. The van der Waals surface area contributed by atoms with Gasteiger partial charge in [0.05, 0.1) is 0 Å². The van der Waals surface area contributed by atoms with Crippen molar-refractivity contribution in [1.82, 2.24) is 4.57 Å². The van der Waals surface area contributed by atoms with E-state index in [1.54, 1.807) is 6.08 Å². The molecule has 1 N–H and O–H groups in total. The lowest BCUT2D eigenvalue weighted by molar-refractivity contribution is 0.0684. The summed E-state index contributed by atoms with van der Waals surface area (Å²) >= 11 is 0. The van der Waals surface area contributed by atoms with E-state index >= 15 is 0 Å². The molecule has 19 heavy (non-hydrogen) atoms. The molecule has 0 fully saturated rings. The van der Waals surface area contributed by atoms with Gasteiger partial charge in [-0.1, -0.05) is 48.6 Å². The average molecular weight is 255 g/mol. The zero-order valence-corrected chi connectivity index (χ0v) is 10.2. The van der Waals surface area contributed by atoms with E-state index in [2.05, 4.69) is 0 Å². The van der Waals surface area contributed by atoms with E-state index in [-0.39, 0.29) is 17.8 Å². The van der Waals surface area contributed by atoms with Crippen LogP contribution in [0, 0.1) is 0 Å². The first-order chi connectivity index (χ1) is 9.18. The van der Waals surface area contributed by atoms with Crippen molar-refractivity contribution in [1.29, 1.82) is 0 Å². The molecule has 0 amide bonds. The van der Waals surface area contributed by atoms with E-state index in [1.807, 2.05) is 36.4 Å². The van der Waals surface area contributed by atoms with E-state index in [1.165, 1.54) is 22.8 Å². The minimum absolute atomic E-state index is 0.00906. The van der Waals surface area contributed by atoms with Gasteiger partial charge < -0.3 is 5.11 Å². The highest BCUT2D eigenvalue weighted by Gasteiger charge is 2.08. The summed E-state index contributed by atoms with van der Waals surface area (Å²) in [5.74, 6) is -1.11. The molecule has 4 heteroatoms. The number of allylic oxidation sites excluding steroid dienone is 1. The molecular formula is C15H13NO3. The lowest BCUT2D eigenvalue weighted by Crippen LogP contribution is -2.24. The first kappa shape index (κ1) is 12.8. The van der Waals surface area contributed by atoms with Crippen LogP contribution >= 0.6 is 0 Å². The van der Waals surface area contributed by atoms with Gasteiger partial charge in [0.2, 0.25) is 0 Å². The van der Waals surface area contributed by atoms with E-state index in [0.29, 0.717) is 0 Å². The summed E-state index contributed by atoms with van der Waals surface area (Å²) in [4.78, 5) is 22.7. The van der Waals surface area contributed by atoms with E-state index in [0.717, 1.165) is 5.56 Å². The van der Waals surface area contributed by atoms with Gasteiger partial charge in [0, 0.05) is 12.6 Å². The van der Waals surface area contributed by atoms with Crippen molar-refractivity contribution >= 4 is 12.0 Å². The molecule has 1 heterocycles. The number of carboxylic acids is 1. The largest absolute Gasteiger partial charge is 0.477 e. The zero-order chi connectivity index (χ0) is 13.7. The standard InChI is InChI=1S/C15H13NO3/c17-14-10-4-9-13(15(18)19)16(14)11-5-8-12-6-2-1-3-7-12/h1-10H,11H2,(H,18,19)/b8-5+. The molecule has 0 saturated heterocycles. The molecule has 0 unspecified atom stereocenters. The van der Waals surface area contributed by atoms with Crippen molar-refractivity contribution in [3.8, 4) is 0 Å². The van der Waals surface area contributed by atoms with E-state index < -0.39 is 5.97 Å². The Balaban J connectivity index is 2.23. The number of carbonyl (C=O) groups is 1. The molecule has 1 aromatic heterocycles. The summed E-state index contributed by atoms with van der Waals surface area (Å²) in [5.41, 5.74) is 0.672. The van der Waals surface area contributed by atoms with Gasteiger partial charge in [0.25, 0.3) is 5.56 Å². The maximum Gasteiger partial charge on any atom is 0.352 e. The van der Waals surface area contributed by atoms with Crippen molar-refractivity contribution < 1.29 is 9.90 Å². The average Bonchev–Trinajstić information content (AvgIpc) is 2.41. The monoisotopic (exact) mass is 255 g/mol. The fraction of sp³-hybridized carbons (Fsp3) is 0.0667. The lowest BCUT2D eigenvalue weighted by atomic mass is 10.2. The number of rotatable bonds is 4. The highest BCUT2D eigenvalue weighted by atomic mass is 16.4. The van der Waals surface area contributed by atoms with Crippen LogP contribution in [-0.2, 0) is 6.54 Å². The summed E-state index contributed by atoms with van der Waals surface area (Å²) in [5, 5.41) is 9.02. The van der Waals surface area contributed by atoms with Crippen LogP contribution in [0.25, 0.3) is 6.08 Å². The molecule has 0 radical (unpaired) electrons. The minimum Gasteiger partial charge on any atom is -0.477 e. The third-order valence-electron chi connectivity index (χ3n) is 2.67. The molecule has 2 aromatic rings. The van der Waals surface area contributed by atoms with Gasteiger partial charge in [-0.25, -0.2) is 4.79 Å². The van der Waals surface area contributed by atoms with Crippen LogP contribution in [0.15, 0.2) is 59.4 Å². The Morgan fingerprint density at radius 2 is 1.84 bits per heavy atom. The second kappa shape index (κ2) is 5.82. The Labute approximate surface area is 110 Å². The quantitative estimate of drug-likeness (QED) is 0.911. The molecule has 4 nitrogen and oxygen atoms in total. The first-order valence-corrected chi connectivity index (χ1v) is 5.83. The third kappa shape index (κ3) is 3.19. The van der Waals surface area contributed by atoms with Crippen molar-refractivity contribution in [3.63, 3.8) is 0 Å². The molecule has 0 atom stereocenters. The van der Waals surface area contributed by atoms with Crippen molar-refractivity contribution in [2.45, 2.75) is 6.54 Å². The molecule has 0 aliphatic heterocycles. The highest BCUT2D eigenvalue weighted by Crippen LogP contribution is 2.02. The number of nitrogens with zero attached hydrogens (tertiary/aromatic N) is 1. The number of aromatic carboxylic acids is 1. The Bertz CT molecular complexity index is 657. The van der Waals surface area contributed by atoms with Crippen LogP contribution in [-0.4, -0.2) is 15.6 Å². The van der Waals surface area contributed by atoms with Crippen LogP contribution in [0.3, 0.4) is 0 Å². The van der Waals surface area contributed by atoms with Gasteiger partial charge in [0.15, 0.2) is 0 Å². The Morgan fingerprint density at radius 1 is 1.11 bits per heavy atom. The van der Waals surface area contributed by atoms with Crippen LogP contribution in [0.2, 0.25) is 0 Å². The molecule has 0 aliphatic rings. The van der Waals surface area contributed by atoms with Crippen LogP contribution < -0.4 is 5.56 Å². The van der Waals surface area contributed by atoms with Gasteiger partial charge in [-0.3, -0.25) is 9.36 Å². The molecule has 0 aliphatic carbocycles. The number of carboxylic acid groups (broad SMARTS) is 1. The SMILES string of the molecule is O=C(O)c1cccc(=O)n1C/C=C/c1ccccc1. The summed E-state index contributed by atoms with van der Waals surface area (Å²) in [7, 11) is 0. The van der Waals surface area contributed by atoms with E-state index in [4.69, 9.17) is 5.11 Å². The summed E-state index contributed by atoms with van der Waals surface area (Å²) in [6, 6.07) is 13.8. The van der Waals surface area contributed by atoms with Crippen molar-refractivity contribution in [3.05, 3.63) is 76.2 Å². The maximum atomic E-state index is 11.7. The Morgan fingerprint density at radius 3 is 2.53 bits per heavy atom. The first-order valence-electron chi connectivity index (χ1n) is 5.83. The zero-order valence-electron chi connectivity index (χ0n) is 10.2. The lowest BCUT2D eigenvalue weighted by Gasteiger charge is -2.06. The Kier molecular flexibility index (Phi) is 3.93. The fourth-order valence-electron chi connectivity index (χ4n) is 1.75. The van der Waals surface area contributed by atoms with Gasteiger partial charge in [-0.15, -0.1) is 0 Å². The second-order valence-corrected chi connectivity index (χ2v) is 3.98. The van der Waals surface area contributed by atoms with E-state index in [9.17, 15) is 9.59 Å². The van der Waals surface area contributed by atoms with Gasteiger partial charge in [-0.05, 0) is 11.6 Å². The molecule has 0 saturated carbocycles. The molecule has 1 aromatic carbocycles. The van der Waals surface area contributed by atoms with Gasteiger partial charge in [0.1, 0.15) is 5.69 Å². The predicted molar refractivity (Wildman–Crippen MR) is 73.1 cm³/mol. The number of hydrogen-bond donors (Lipinski definition) is 1. The number of benzene rings is 1. The van der Waals surface area contributed by atoms with Gasteiger partial charge in [-0.2, -0.15) is 0 Å². The van der Waals surface area contributed by atoms with Crippen LogP contribution in [0.5, 0.6) is 0 Å². The maximum absolute atomic E-state index is 11.7. The summed E-state index contributed by atoms with van der Waals surface area (Å²) in [6.45, 7) is 0.232. The highest BCUT2D eigenvalue weighted by molar-refractivity contribution is 5.85. The van der Waals surface area contributed by atoms with Crippen molar-refractivity contribution in [2.24, 2.45) is 0 Å². The predicted octanol–water partition coefficient (Wildman–Crippen LogP) is 2.26. The molecule has 96 valence electrons. The molecule has 2 rings (SSSR count). The normalized spacial score (nSPS) is 10.7. The van der Waals surface area contributed by atoms with Crippen LogP contribution in [0.1, 0.15) is 16.1 Å². The minimum atomic E-state index is -1.11. The Hall–Kier alpha value is -2.62.